The van der Waals surface area contributed by atoms with Gasteiger partial charge in [-0.05, 0) is 12.5 Å². The lowest BCUT2D eigenvalue weighted by Gasteiger charge is -2.11. The molecule has 0 spiro atoms. The van der Waals surface area contributed by atoms with Gasteiger partial charge in [-0.25, -0.2) is 18.4 Å². The van der Waals surface area contributed by atoms with Gasteiger partial charge >= 0.3 is 0 Å². The largest absolute Gasteiger partial charge is 0.496 e. The Morgan fingerprint density at radius 2 is 2.08 bits per heavy atom. The minimum Gasteiger partial charge on any atom is -0.496 e. The van der Waals surface area contributed by atoms with Crippen LogP contribution in [0.5, 0.6) is 5.75 Å². The number of hydrogen-bond acceptors (Lipinski definition) is 7. The monoisotopic (exact) mass is 376 g/mol. The van der Waals surface area contributed by atoms with E-state index in [2.05, 4.69) is 20.6 Å². The molecule has 1 unspecified atom stereocenters. The molecule has 1 fully saturated rings. The van der Waals surface area contributed by atoms with Crippen molar-refractivity contribution in [3.63, 3.8) is 0 Å². The van der Waals surface area contributed by atoms with Crippen molar-refractivity contribution in [3.8, 4) is 5.75 Å². The molecule has 0 saturated carbocycles. The summed E-state index contributed by atoms with van der Waals surface area (Å²) in [6, 6.07) is 7.26. The second-order valence-corrected chi connectivity index (χ2v) is 8.25. The first-order chi connectivity index (χ1) is 12.5. The highest BCUT2D eigenvalue weighted by Crippen LogP contribution is 2.18. The quantitative estimate of drug-likeness (QED) is 0.774. The van der Waals surface area contributed by atoms with Crippen molar-refractivity contribution in [2.45, 2.75) is 19.0 Å². The summed E-state index contributed by atoms with van der Waals surface area (Å²) in [5, 5.41) is 5.81. The molecular formula is C17H20N4O4S. The molecule has 0 aliphatic carbocycles. The zero-order valence-electron chi connectivity index (χ0n) is 14.3. The van der Waals surface area contributed by atoms with E-state index in [1.54, 1.807) is 7.11 Å². The molecule has 8 nitrogen and oxygen atoms in total. The Kier molecular flexibility index (Phi) is 5.36. The van der Waals surface area contributed by atoms with Gasteiger partial charge in [-0.1, -0.05) is 18.2 Å². The third-order valence-electron chi connectivity index (χ3n) is 4.10. The van der Waals surface area contributed by atoms with E-state index in [4.69, 9.17) is 4.74 Å². The Morgan fingerprint density at radius 1 is 1.27 bits per heavy atom. The highest BCUT2D eigenvalue weighted by Gasteiger charge is 2.29. The summed E-state index contributed by atoms with van der Waals surface area (Å²) in [6.07, 6.45) is 3.26. The molecule has 0 bridgehead atoms. The number of anilines is 1. The van der Waals surface area contributed by atoms with Crippen molar-refractivity contribution in [2.24, 2.45) is 0 Å². The molecular weight excluding hydrogens is 356 g/mol. The van der Waals surface area contributed by atoms with Crippen LogP contribution in [0.3, 0.4) is 0 Å². The van der Waals surface area contributed by atoms with Crippen molar-refractivity contribution < 1.29 is 17.9 Å². The molecule has 0 radical (unpaired) electrons. The molecule has 1 aromatic carbocycles. The number of carbonyl (C=O) groups is 1. The van der Waals surface area contributed by atoms with Crippen molar-refractivity contribution in [1.82, 2.24) is 15.3 Å². The van der Waals surface area contributed by atoms with Gasteiger partial charge in [0.2, 0.25) is 0 Å². The van der Waals surface area contributed by atoms with Gasteiger partial charge in [0.25, 0.3) is 5.91 Å². The van der Waals surface area contributed by atoms with Gasteiger partial charge < -0.3 is 15.4 Å². The van der Waals surface area contributed by atoms with Gasteiger partial charge in [0.1, 0.15) is 17.3 Å². The Hall–Kier alpha value is -2.68. The van der Waals surface area contributed by atoms with Crippen molar-refractivity contribution in [3.05, 3.63) is 47.9 Å². The minimum atomic E-state index is -3.04. The van der Waals surface area contributed by atoms with E-state index < -0.39 is 15.7 Å². The Morgan fingerprint density at radius 3 is 2.73 bits per heavy atom. The molecule has 1 saturated heterocycles. The van der Waals surface area contributed by atoms with Crippen LogP contribution in [0.25, 0.3) is 0 Å². The molecule has 138 valence electrons. The molecule has 1 aliphatic rings. The van der Waals surface area contributed by atoms with Crippen LogP contribution in [0.2, 0.25) is 0 Å². The Labute approximate surface area is 151 Å². The van der Waals surface area contributed by atoms with Gasteiger partial charge in [0.05, 0.1) is 31.0 Å². The van der Waals surface area contributed by atoms with Crippen LogP contribution in [0.4, 0.5) is 5.82 Å². The van der Waals surface area contributed by atoms with Gasteiger partial charge in [-0.2, -0.15) is 0 Å². The van der Waals surface area contributed by atoms with Gasteiger partial charge in [0.15, 0.2) is 9.84 Å². The smallest absolute Gasteiger partial charge is 0.271 e. The molecule has 1 atom stereocenters. The van der Waals surface area contributed by atoms with Crippen LogP contribution in [-0.2, 0) is 16.4 Å². The molecule has 2 aromatic rings. The lowest BCUT2D eigenvalue weighted by atomic mass is 10.2. The van der Waals surface area contributed by atoms with Crippen molar-refractivity contribution in [1.29, 1.82) is 0 Å². The van der Waals surface area contributed by atoms with Gasteiger partial charge in [-0.3, -0.25) is 4.79 Å². The number of ether oxygens (including phenoxy) is 1. The summed E-state index contributed by atoms with van der Waals surface area (Å²) < 4.78 is 28.2. The predicted octanol–water partition coefficient (Wildman–Crippen LogP) is 1.01. The van der Waals surface area contributed by atoms with E-state index in [1.165, 1.54) is 12.4 Å². The highest BCUT2D eigenvalue weighted by molar-refractivity contribution is 7.91. The first-order valence-electron chi connectivity index (χ1n) is 8.16. The summed E-state index contributed by atoms with van der Waals surface area (Å²) in [6.45, 7) is 0.504. The highest BCUT2D eigenvalue weighted by atomic mass is 32.2. The number of nitrogens with zero attached hydrogens (tertiary/aromatic N) is 2. The number of benzene rings is 1. The Balaban J connectivity index is 1.57. The third-order valence-corrected chi connectivity index (χ3v) is 5.87. The summed E-state index contributed by atoms with van der Waals surface area (Å²) in [4.78, 5) is 20.4. The number of sulfone groups is 1. The lowest BCUT2D eigenvalue weighted by molar-refractivity contribution is 0.0935. The Bertz CT molecular complexity index is 884. The topological polar surface area (TPSA) is 110 Å². The number of nitrogens with one attached hydrogen (secondary N) is 2. The van der Waals surface area contributed by atoms with Gasteiger partial charge in [0, 0.05) is 18.2 Å². The van der Waals surface area contributed by atoms with Gasteiger partial charge in [-0.15, -0.1) is 0 Å². The van der Waals surface area contributed by atoms with E-state index in [1.807, 2.05) is 24.3 Å². The maximum Gasteiger partial charge on any atom is 0.271 e. The van der Waals surface area contributed by atoms with E-state index >= 15 is 0 Å². The summed E-state index contributed by atoms with van der Waals surface area (Å²) >= 11 is 0. The molecule has 1 aliphatic heterocycles. The molecule has 2 N–H and O–H groups in total. The predicted molar refractivity (Wildman–Crippen MR) is 96.9 cm³/mol. The minimum absolute atomic E-state index is 0.0231. The fourth-order valence-electron chi connectivity index (χ4n) is 2.74. The van der Waals surface area contributed by atoms with Crippen LogP contribution >= 0.6 is 0 Å². The van der Waals surface area contributed by atoms with E-state index in [0.717, 1.165) is 11.3 Å². The average molecular weight is 376 g/mol. The van der Waals surface area contributed by atoms with Crippen LogP contribution in [0.1, 0.15) is 22.5 Å². The number of aromatic nitrogens is 2. The zero-order valence-corrected chi connectivity index (χ0v) is 15.1. The lowest BCUT2D eigenvalue weighted by Crippen LogP contribution is -2.36. The first-order valence-corrected chi connectivity index (χ1v) is 9.98. The maximum absolute atomic E-state index is 12.1. The summed E-state index contributed by atoms with van der Waals surface area (Å²) in [5.74, 6) is 0.961. The molecule has 2 heterocycles. The number of amides is 1. The summed E-state index contributed by atoms with van der Waals surface area (Å²) in [5.41, 5.74) is 1.12. The second kappa shape index (κ2) is 7.69. The maximum atomic E-state index is 12.1. The number of carbonyl (C=O) groups excluding carboxylic acids is 1. The number of para-hydroxylation sites is 1. The van der Waals surface area contributed by atoms with E-state index in [-0.39, 0.29) is 23.2 Å². The number of rotatable bonds is 6. The second-order valence-electron chi connectivity index (χ2n) is 6.03. The number of hydrogen-bond donors (Lipinski definition) is 2. The molecule has 1 amide bonds. The van der Waals surface area contributed by atoms with E-state index in [9.17, 15) is 13.2 Å². The fraction of sp³-hybridized carbons (Fsp3) is 0.353. The van der Waals surface area contributed by atoms with E-state index in [0.29, 0.717) is 18.8 Å². The molecule has 1 aromatic heterocycles. The van der Waals surface area contributed by atoms with Crippen molar-refractivity contribution >= 4 is 21.6 Å². The molecule has 26 heavy (non-hydrogen) atoms. The standard InChI is InChI=1S/C17H20N4O4S/c1-25-15-5-3-2-4-12(15)8-19-16-10-18-14(9-20-16)17(22)21-13-6-7-26(23,24)11-13/h2-5,9-10,13H,6-8,11H2,1H3,(H,19,20)(H,21,22). The zero-order chi connectivity index (χ0) is 18.6. The molecule has 3 rings (SSSR count). The van der Waals surface area contributed by atoms with Crippen LogP contribution < -0.4 is 15.4 Å². The fourth-order valence-corrected chi connectivity index (χ4v) is 4.41. The summed E-state index contributed by atoms with van der Waals surface area (Å²) in [7, 11) is -1.43. The van der Waals surface area contributed by atoms with Crippen LogP contribution in [0.15, 0.2) is 36.7 Å². The third kappa shape index (κ3) is 4.48. The first kappa shape index (κ1) is 18.1. The normalized spacial score (nSPS) is 18.3. The van der Waals surface area contributed by atoms with Crippen molar-refractivity contribution in [2.75, 3.05) is 23.9 Å². The van der Waals surface area contributed by atoms with Crippen LogP contribution in [0, 0.1) is 0 Å². The van der Waals surface area contributed by atoms with Crippen LogP contribution in [-0.4, -0.2) is 49.0 Å². The number of methoxy groups -OCH3 is 1. The SMILES string of the molecule is COc1ccccc1CNc1cnc(C(=O)NC2CCS(=O)(=O)C2)cn1. The molecule has 9 heteroatoms. The average Bonchev–Trinajstić information content (AvgIpc) is 2.99.